The zero-order valence-corrected chi connectivity index (χ0v) is 19.1. The molecule has 0 aliphatic heterocycles. The number of carbonyl (C=O) groups excluding carboxylic acids is 2. The predicted molar refractivity (Wildman–Crippen MR) is 131 cm³/mol. The minimum Gasteiger partial charge on any atom is -0.387 e. The number of aliphatic hydroxyl groups excluding tert-OH is 1. The van der Waals surface area contributed by atoms with Crippen LogP contribution in [-0.2, 0) is 11.3 Å². The third-order valence-electron chi connectivity index (χ3n) is 5.41. The van der Waals surface area contributed by atoms with Crippen molar-refractivity contribution in [3.63, 3.8) is 0 Å². The zero-order valence-electron chi connectivity index (χ0n) is 19.1. The predicted octanol–water partition coefficient (Wildman–Crippen LogP) is 3.34. The van der Waals surface area contributed by atoms with Gasteiger partial charge in [-0.2, -0.15) is 0 Å². The lowest BCUT2D eigenvalue weighted by Crippen LogP contribution is -2.31. The summed E-state index contributed by atoms with van der Waals surface area (Å²) in [4.78, 5) is 27.4. The largest absolute Gasteiger partial charge is 0.387 e. The quantitative estimate of drug-likeness (QED) is 0.444. The molecule has 2 amide bonds. The van der Waals surface area contributed by atoms with E-state index in [4.69, 9.17) is 0 Å². The molecular formula is C27H31N3O3. The number of hydrogen-bond donors (Lipinski definition) is 2. The summed E-state index contributed by atoms with van der Waals surface area (Å²) < 4.78 is 0. The second kappa shape index (κ2) is 11.9. The number of nitrogens with one attached hydrogen (secondary N) is 1. The number of hydrogen-bond acceptors (Lipinski definition) is 4. The Morgan fingerprint density at radius 3 is 2.12 bits per heavy atom. The molecule has 0 saturated heterocycles. The molecular weight excluding hydrogens is 414 g/mol. The number of nitrogens with zero attached hydrogens (tertiary/aromatic N) is 2. The molecule has 33 heavy (non-hydrogen) atoms. The highest BCUT2D eigenvalue weighted by atomic mass is 16.3. The number of benzene rings is 3. The van der Waals surface area contributed by atoms with Crippen LogP contribution in [0.25, 0.3) is 11.1 Å². The van der Waals surface area contributed by atoms with Gasteiger partial charge in [0.15, 0.2) is 0 Å². The van der Waals surface area contributed by atoms with Crippen LogP contribution in [0, 0.1) is 0 Å². The van der Waals surface area contributed by atoms with Gasteiger partial charge in [-0.15, -0.1) is 0 Å². The van der Waals surface area contributed by atoms with Crippen LogP contribution in [0.15, 0.2) is 78.9 Å². The Kier molecular flexibility index (Phi) is 8.75. The molecule has 6 nitrogen and oxygen atoms in total. The van der Waals surface area contributed by atoms with Gasteiger partial charge in [-0.1, -0.05) is 66.7 Å². The monoisotopic (exact) mass is 445 g/mol. The van der Waals surface area contributed by atoms with Crippen molar-refractivity contribution in [2.45, 2.75) is 12.6 Å². The SMILES string of the molecule is CN(C)CCNC(=O)c1ccc(-c2ccc(CN(C=O)CC(O)c3ccccc3)cc2)cc1. The Morgan fingerprint density at radius 2 is 1.55 bits per heavy atom. The molecule has 0 aromatic heterocycles. The molecule has 0 radical (unpaired) electrons. The van der Waals surface area contributed by atoms with E-state index in [-0.39, 0.29) is 12.5 Å². The zero-order chi connectivity index (χ0) is 23.6. The lowest BCUT2D eigenvalue weighted by atomic mass is 10.0. The summed E-state index contributed by atoms with van der Waals surface area (Å²) in [6.45, 7) is 2.05. The first-order chi connectivity index (χ1) is 16.0. The highest BCUT2D eigenvalue weighted by Gasteiger charge is 2.13. The van der Waals surface area contributed by atoms with Crippen molar-refractivity contribution in [1.82, 2.24) is 15.1 Å². The molecule has 2 N–H and O–H groups in total. The summed E-state index contributed by atoms with van der Waals surface area (Å²) in [7, 11) is 3.94. The maximum atomic E-state index is 12.2. The number of aliphatic hydroxyl groups is 1. The highest BCUT2D eigenvalue weighted by Crippen LogP contribution is 2.21. The van der Waals surface area contributed by atoms with Crippen molar-refractivity contribution >= 4 is 12.3 Å². The van der Waals surface area contributed by atoms with Gasteiger partial charge < -0.3 is 20.2 Å². The lowest BCUT2D eigenvalue weighted by Gasteiger charge is -2.21. The van der Waals surface area contributed by atoms with Crippen LogP contribution in [0.3, 0.4) is 0 Å². The average Bonchev–Trinajstić information content (AvgIpc) is 2.84. The van der Waals surface area contributed by atoms with Crippen molar-refractivity contribution < 1.29 is 14.7 Å². The van der Waals surface area contributed by atoms with Gasteiger partial charge in [-0.05, 0) is 48.5 Å². The first-order valence-corrected chi connectivity index (χ1v) is 11.0. The van der Waals surface area contributed by atoms with Gasteiger partial charge >= 0.3 is 0 Å². The molecule has 1 atom stereocenters. The molecule has 0 bridgehead atoms. The molecule has 3 rings (SSSR count). The van der Waals surface area contributed by atoms with E-state index in [0.29, 0.717) is 18.7 Å². The maximum absolute atomic E-state index is 12.2. The first kappa shape index (κ1) is 24.2. The Hall–Kier alpha value is -3.48. The molecule has 0 aliphatic rings. The topological polar surface area (TPSA) is 72.9 Å². The lowest BCUT2D eigenvalue weighted by molar-refractivity contribution is -0.120. The molecule has 3 aromatic rings. The van der Waals surface area contributed by atoms with Crippen LogP contribution in [0.4, 0.5) is 0 Å². The van der Waals surface area contributed by atoms with E-state index < -0.39 is 6.10 Å². The number of amides is 2. The summed E-state index contributed by atoms with van der Waals surface area (Å²) in [6.07, 6.45) is 0.0387. The Balaban J connectivity index is 1.57. The van der Waals surface area contributed by atoms with Crippen LogP contribution in [0.5, 0.6) is 0 Å². The fraction of sp³-hybridized carbons (Fsp3) is 0.259. The molecule has 6 heteroatoms. The van der Waals surface area contributed by atoms with Gasteiger partial charge in [0.2, 0.25) is 6.41 Å². The number of likely N-dealkylation sites (N-methyl/N-ethyl adjacent to an activating group) is 1. The number of rotatable bonds is 11. The summed E-state index contributed by atoms with van der Waals surface area (Å²) >= 11 is 0. The van der Waals surface area contributed by atoms with E-state index in [1.54, 1.807) is 4.90 Å². The van der Waals surface area contributed by atoms with E-state index in [2.05, 4.69) is 5.32 Å². The molecule has 0 aliphatic carbocycles. The first-order valence-electron chi connectivity index (χ1n) is 11.0. The molecule has 3 aromatic carbocycles. The van der Waals surface area contributed by atoms with Crippen molar-refractivity contribution in [1.29, 1.82) is 0 Å². The van der Waals surface area contributed by atoms with Gasteiger partial charge in [0.25, 0.3) is 5.91 Å². The van der Waals surface area contributed by atoms with Gasteiger partial charge in [0.1, 0.15) is 0 Å². The van der Waals surface area contributed by atoms with Crippen molar-refractivity contribution in [3.05, 3.63) is 95.6 Å². The Labute approximate surface area is 195 Å². The van der Waals surface area contributed by atoms with Crippen molar-refractivity contribution in [2.75, 3.05) is 33.7 Å². The van der Waals surface area contributed by atoms with E-state index in [9.17, 15) is 14.7 Å². The van der Waals surface area contributed by atoms with Crippen LogP contribution >= 0.6 is 0 Å². The standard InChI is InChI=1S/C27H31N3O3/c1-29(2)17-16-28-27(33)25-14-12-23(13-15-25)22-10-8-21(9-11-22)18-30(20-31)19-26(32)24-6-4-3-5-7-24/h3-15,20,26,32H,16-19H2,1-2H3,(H,28,33). The second-order valence-electron chi connectivity index (χ2n) is 8.29. The van der Waals surface area contributed by atoms with Gasteiger partial charge in [-0.25, -0.2) is 0 Å². The van der Waals surface area contributed by atoms with Crippen LogP contribution < -0.4 is 5.32 Å². The minimum absolute atomic E-state index is 0.0783. The third kappa shape index (κ3) is 7.27. The molecule has 0 saturated carbocycles. The smallest absolute Gasteiger partial charge is 0.251 e. The van der Waals surface area contributed by atoms with Crippen LogP contribution in [0.2, 0.25) is 0 Å². The van der Waals surface area contributed by atoms with E-state index in [1.807, 2.05) is 97.9 Å². The van der Waals surface area contributed by atoms with E-state index >= 15 is 0 Å². The Bertz CT molecular complexity index is 1020. The Morgan fingerprint density at radius 1 is 0.939 bits per heavy atom. The fourth-order valence-electron chi connectivity index (χ4n) is 3.49. The normalized spacial score (nSPS) is 11.8. The minimum atomic E-state index is -0.728. The molecule has 0 spiro atoms. The fourth-order valence-corrected chi connectivity index (χ4v) is 3.49. The summed E-state index contributed by atoms with van der Waals surface area (Å²) in [5.41, 5.74) is 4.43. The molecule has 172 valence electrons. The van der Waals surface area contributed by atoms with E-state index in [0.717, 1.165) is 35.2 Å². The summed E-state index contributed by atoms with van der Waals surface area (Å²) in [5.74, 6) is -0.0783. The maximum Gasteiger partial charge on any atom is 0.251 e. The van der Waals surface area contributed by atoms with Crippen LogP contribution in [-0.4, -0.2) is 61.0 Å². The highest BCUT2D eigenvalue weighted by molar-refractivity contribution is 5.94. The summed E-state index contributed by atoms with van der Waals surface area (Å²) in [5, 5.41) is 13.3. The van der Waals surface area contributed by atoms with Gasteiger partial charge in [-0.3, -0.25) is 9.59 Å². The summed E-state index contributed by atoms with van der Waals surface area (Å²) in [6, 6.07) is 24.8. The molecule has 1 unspecified atom stereocenters. The van der Waals surface area contributed by atoms with Crippen molar-refractivity contribution in [2.24, 2.45) is 0 Å². The molecule has 0 heterocycles. The number of carbonyl (C=O) groups is 2. The second-order valence-corrected chi connectivity index (χ2v) is 8.29. The van der Waals surface area contributed by atoms with Crippen LogP contribution in [0.1, 0.15) is 27.6 Å². The molecule has 0 fully saturated rings. The van der Waals surface area contributed by atoms with Gasteiger partial charge in [0, 0.05) is 25.2 Å². The average molecular weight is 446 g/mol. The van der Waals surface area contributed by atoms with Crippen molar-refractivity contribution in [3.8, 4) is 11.1 Å². The van der Waals surface area contributed by atoms with E-state index in [1.165, 1.54) is 0 Å². The third-order valence-corrected chi connectivity index (χ3v) is 5.41. The van der Waals surface area contributed by atoms with Gasteiger partial charge in [0.05, 0.1) is 12.6 Å².